The number of alkyl halides is 1. The van der Waals surface area contributed by atoms with Crippen LogP contribution in [0.4, 0.5) is 0 Å². The van der Waals surface area contributed by atoms with Gasteiger partial charge in [-0.2, -0.15) is 0 Å². The minimum Gasteiger partial charge on any atom is -0.467 e. The quantitative estimate of drug-likeness (QED) is 0.311. The molecule has 0 amide bonds. The van der Waals surface area contributed by atoms with Gasteiger partial charge in [0.2, 0.25) is 0 Å². The van der Waals surface area contributed by atoms with Crippen molar-refractivity contribution in [2.75, 3.05) is 26.3 Å². The molecule has 0 aromatic heterocycles. The topological polar surface area (TPSA) is 61.8 Å². The van der Waals surface area contributed by atoms with Crippen molar-refractivity contribution in [1.82, 2.24) is 0 Å². The van der Waals surface area contributed by atoms with Gasteiger partial charge in [-0.3, -0.25) is 4.79 Å². The number of ether oxygens (including phenoxy) is 3. The van der Waals surface area contributed by atoms with Crippen molar-refractivity contribution in [2.45, 2.75) is 34.6 Å². The summed E-state index contributed by atoms with van der Waals surface area (Å²) in [6.45, 7) is 9.78. The third-order valence-corrected chi connectivity index (χ3v) is 3.00. The summed E-state index contributed by atoms with van der Waals surface area (Å²) in [6.07, 6.45) is 0. The number of methoxy groups -OCH3 is 2. The second kappa shape index (κ2) is 14.2. The maximum absolute atomic E-state index is 11.8. The molecule has 0 unspecified atom stereocenters. The van der Waals surface area contributed by atoms with Gasteiger partial charge in [-0.15, -0.1) is 0 Å². The van der Waals surface area contributed by atoms with Crippen molar-refractivity contribution in [2.24, 2.45) is 0 Å². The number of hydrogen-bond donors (Lipinski definition) is 0. The van der Waals surface area contributed by atoms with Crippen molar-refractivity contribution in [3.05, 3.63) is 28.8 Å². The first-order chi connectivity index (χ1) is 11.0. The fraction of sp³-hybridized carbons (Fsp3) is 0.529. The molecule has 0 radical (unpaired) electrons. The minimum absolute atomic E-state index is 0.00910. The highest BCUT2D eigenvalue weighted by Crippen LogP contribution is 2.25. The Morgan fingerprint density at radius 1 is 1.04 bits per heavy atom. The van der Waals surface area contributed by atoms with Gasteiger partial charge in [0.05, 0.1) is 12.4 Å². The molecule has 23 heavy (non-hydrogen) atoms. The zero-order valence-electron chi connectivity index (χ0n) is 15.0. The lowest BCUT2D eigenvalue weighted by atomic mass is 10.0. The Kier molecular flexibility index (Phi) is 14.7. The van der Waals surface area contributed by atoms with E-state index in [1.807, 2.05) is 27.7 Å². The molecule has 0 heterocycles. The molecule has 1 aromatic carbocycles. The van der Waals surface area contributed by atoms with Gasteiger partial charge in [-0.25, -0.2) is 4.79 Å². The van der Waals surface area contributed by atoms with E-state index in [0.29, 0.717) is 11.3 Å². The highest BCUT2D eigenvalue weighted by atomic mass is 79.9. The van der Waals surface area contributed by atoms with Gasteiger partial charge in [0.15, 0.2) is 12.6 Å². The van der Waals surface area contributed by atoms with E-state index in [4.69, 9.17) is 9.47 Å². The van der Waals surface area contributed by atoms with Crippen LogP contribution < -0.4 is 4.74 Å². The number of esters is 1. The molecule has 0 fully saturated rings. The molecule has 0 saturated carbocycles. The standard InChI is InChI=1S/C13H15BrO5.2C2H6/c1-8-4-12(19-7-17-2)10(13(16)18-3)5-9(8)11(15)6-14;2*1-2/h4-5H,6-7H2,1-3H3;2*1-2H3. The highest BCUT2D eigenvalue weighted by molar-refractivity contribution is 9.09. The number of rotatable bonds is 6. The maximum atomic E-state index is 11.8. The van der Waals surface area contributed by atoms with Gasteiger partial charge in [-0.1, -0.05) is 43.6 Å². The smallest absolute Gasteiger partial charge is 0.341 e. The lowest BCUT2D eigenvalue weighted by Crippen LogP contribution is -2.11. The van der Waals surface area contributed by atoms with Gasteiger partial charge < -0.3 is 14.2 Å². The molecule has 6 heteroatoms. The van der Waals surface area contributed by atoms with E-state index in [-0.39, 0.29) is 23.5 Å². The summed E-state index contributed by atoms with van der Waals surface area (Å²) in [5.41, 5.74) is 1.39. The Balaban J connectivity index is 0. The van der Waals surface area contributed by atoms with Crippen molar-refractivity contribution in [1.29, 1.82) is 0 Å². The molecular formula is C17H27BrO5. The van der Waals surface area contributed by atoms with E-state index in [1.165, 1.54) is 20.3 Å². The lowest BCUT2D eigenvalue weighted by Gasteiger charge is -2.13. The number of hydrogen-bond acceptors (Lipinski definition) is 5. The Bertz CT molecular complexity index is 486. The number of benzene rings is 1. The predicted octanol–water partition coefficient (Wildman–Crippen LogP) is 4.39. The Morgan fingerprint density at radius 2 is 1.61 bits per heavy atom. The summed E-state index contributed by atoms with van der Waals surface area (Å²) in [5.74, 6) is -0.340. The van der Waals surface area contributed by atoms with E-state index in [1.54, 1.807) is 13.0 Å². The van der Waals surface area contributed by atoms with E-state index in [2.05, 4.69) is 20.7 Å². The van der Waals surface area contributed by atoms with Crippen molar-refractivity contribution in [3.8, 4) is 5.75 Å². The second-order valence-electron chi connectivity index (χ2n) is 3.76. The average Bonchev–Trinajstić information content (AvgIpc) is 2.62. The SMILES string of the molecule is CC.CC.COCOc1cc(C)c(C(=O)CBr)cc1C(=O)OC. The molecule has 0 aliphatic heterocycles. The fourth-order valence-electron chi connectivity index (χ4n) is 1.57. The lowest BCUT2D eigenvalue weighted by molar-refractivity contribution is 0.0465. The van der Waals surface area contributed by atoms with Crippen LogP contribution in [-0.2, 0) is 9.47 Å². The molecule has 132 valence electrons. The zero-order chi connectivity index (χ0) is 18.4. The van der Waals surface area contributed by atoms with Crippen LogP contribution in [-0.4, -0.2) is 38.1 Å². The Labute approximate surface area is 147 Å². The summed E-state index contributed by atoms with van der Waals surface area (Å²) < 4.78 is 14.8. The van der Waals surface area contributed by atoms with E-state index < -0.39 is 5.97 Å². The predicted molar refractivity (Wildman–Crippen MR) is 95.8 cm³/mol. The van der Waals surface area contributed by atoms with Crippen LogP contribution in [0.2, 0.25) is 0 Å². The number of Topliss-reactive ketones (excluding diaryl/α,β-unsaturated/α-hetero) is 1. The first kappa shape index (κ1) is 23.9. The Morgan fingerprint density at radius 3 is 2.04 bits per heavy atom. The van der Waals surface area contributed by atoms with Crippen LogP contribution in [0.5, 0.6) is 5.75 Å². The van der Waals surface area contributed by atoms with Crippen LogP contribution >= 0.6 is 15.9 Å². The van der Waals surface area contributed by atoms with Gasteiger partial charge >= 0.3 is 5.97 Å². The highest BCUT2D eigenvalue weighted by Gasteiger charge is 2.18. The van der Waals surface area contributed by atoms with Crippen molar-refractivity contribution >= 4 is 27.7 Å². The third kappa shape index (κ3) is 7.61. The van der Waals surface area contributed by atoms with Crippen LogP contribution in [0.1, 0.15) is 54.0 Å². The molecule has 0 N–H and O–H groups in total. The monoisotopic (exact) mass is 390 g/mol. The number of carbonyl (C=O) groups is 2. The van der Waals surface area contributed by atoms with E-state index in [0.717, 1.165) is 5.56 Å². The summed E-state index contributed by atoms with van der Waals surface area (Å²) >= 11 is 3.11. The molecule has 0 bridgehead atoms. The maximum Gasteiger partial charge on any atom is 0.341 e. The van der Waals surface area contributed by atoms with Crippen LogP contribution in [0.25, 0.3) is 0 Å². The molecule has 1 aromatic rings. The number of ketones is 1. The van der Waals surface area contributed by atoms with Gasteiger partial charge in [-0.05, 0) is 24.6 Å². The molecular weight excluding hydrogens is 364 g/mol. The van der Waals surface area contributed by atoms with Gasteiger partial charge in [0.1, 0.15) is 11.3 Å². The number of halogens is 1. The Hall–Kier alpha value is -1.40. The molecule has 0 aliphatic carbocycles. The summed E-state index contributed by atoms with van der Waals surface area (Å²) in [7, 11) is 2.75. The average molecular weight is 391 g/mol. The van der Waals surface area contributed by atoms with Crippen LogP contribution in [0, 0.1) is 6.92 Å². The first-order valence-corrected chi connectivity index (χ1v) is 8.61. The molecule has 1 rings (SSSR count). The molecule has 0 saturated heterocycles. The first-order valence-electron chi connectivity index (χ1n) is 7.49. The number of carbonyl (C=O) groups excluding carboxylic acids is 2. The van der Waals surface area contributed by atoms with E-state index >= 15 is 0 Å². The van der Waals surface area contributed by atoms with Crippen molar-refractivity contribution in [3.63, 3.8) is 0 Å². The molecule has 0 spiro atoms. The molecule has 0 aliphatic rings. The summed E-state index contributed by atoms with van der Waals surface area (Å²) in [4.78, 5) is 23.5. The third-order valence-electron chi connectivity index (χ3n) is 2.49. The van der Waals surface area contributed by atoms with Crippen LogP contribution in [0.3, 0.4) is 0 Å². The van der Waals surface area contributed by atoms with Crippen molar-refractivity contribution < 1.29 is 23.8 Å². The fourth-order valence-corrected chi connectivity index (χ4v) is 1.87. The number of aryl methyl sites for hydroxylation is 1. The second-order valence-corrected chi connectivity index (χ2v) is 4.32. The van der Waals surface area contributed by atoms with Crippen LogP contribution in [0.15, 0.2) is 12.1 Å². The normalized spacial score (nSPS) is 8.87. The van der Waals surface area contributed by atoms with E-state index in [9.17, 15) is 9.59 Å². The van der Waals surface area contributed by atoms with Gasteiger partial charge in [0, 0.05) is 12.7 Å². The largest absolute Gasteiger partial charge is 0.467 e. The minimum atomic E-state index is -0.560. The van der Waals surface area contributed by atoms with Gasteiger partial charge in [0.25, 0.3) is 0 Å². The summed E-state index contributed by atoms with van der Waals surface area (Å²) in [6, 6.07) is 3.11. The summed E-state index contributed by atoms with van der Waals surface area (Å²) in [5, 5.41) is 0.187. The molecule has 0 atom stereocenters. The molecule has 5 nitrogen and oxygen atoms in total. The zero-order valence-corrected chi connectivity index (χ0v) is 16.6.